The Morgan fingerprint density at radius 3 is 2.60 bits per heavy atom. The minimum Gasteiger partial charge on any atom is -0.490 e. The second kappa shape index (κ2) is 6.10. The number of nitrogens with two attached hydrogens (primary N) is 1. The predicted octanol–water partition coefficient (Wildman–Crippen LogP) is 1.93. The van der Waals surface area contributed by atoms with Crippen LogP contribution in [0.4, 0.5) is 4.39 Å². The Kier molecular flexibility index (Phi) is 5.87. The SMILES string of the molecule is Cl.Cl.NC1CC(Oc2ccnc(F)c2)C1. The second-order valence-corrected chi connectivity index (χ2v) is 3.29. The molecule has 1 fully saturated rings. The largest absolute Gasteiger partial charge is 0.490 e. The van der Waals surface area contributed by atoms with Crippen molar-refractivity contribution in [2.24, 2.45) is 5.73 Å². The van der Waals surface area contributed by atoms with Crippen molar-refractivity contribution >= 4 is 24.8 Å². The van der Waals surface area contributed by atoms with E-state index in [1.54, 1.807) is 6.07 Å². The molecule has 6 heteroatoms. The lowest BCUT2D eigenvalue weighted by molar-refractivity contribution is 0.100. The summed E-state index contributed by atoms with van der Waals surface area (Å²) in [5.74, 6) is 0.0190. The molecule has 0 aliphatic heterocycles. The van der Waals surface area contributed by atoms with Gasteiger partial charge in [0.2, 0.25) is 5.95 Å². The summed E-state index contributed by atoms with van der Waals surface area (Å²) < 4.78 is 18.0. The first-order valence-corrected chi connectivity index (χ1v) is 4.28. The highest BCUT2D eigenvalue weighted by Crippen LogP contribution is 2.24. The molecular formula is C9H13Cl2FN2O. The van der Waals surface area contributed by atoms with Gasteiger partial charge in [-0.3, -0.25) is 0 Å². The van der Waals surface area contributed by atoms with Crippen molar-refractivity contribution in [3.05, 3.63) is 24.3 Å². The van der Waals surface area contributed by atoms with Crippen molar-refractivity contribution in [2.75, 3.05) is 0 Å². The van der Waals surface area contributed by atoms with E-state index < -0.39 is 5.95 Å². The van der Waals surface area contributed by atoms with Crippen LogP contribution in [0.25, 0.3) is 0 Å². The summed E-state index contributed by atoms with van der Waals surface area (Å²) in [6.45, 7) is 0. The fraction of sp³-hybridized carbons (Fsp3) is 0.444. The van der Waals surface area contributed by atoms with Crippen LogP contribution >= 0.6 is 24.8 Å². The van der Waals surface area contributed by atoms with Crippen LogP contribution in [0.5, 0.6) is 5.75 Å². The molecule has 1 aliphatic carbocycles. The van der Waals surface area contributed by atoms with Crippen molar-refractivity contribution in [1.82, 2.24) is 4.98 Å². The Labute approximate surface area is 100 Å². The topological polar surface area (TPSA) is 48.1 Å². The van der Waals surface area contributed by atoms with Crippen LogP contribution < -0.4 is 10.5 Å². The van der Waals surface area contributed by atoms with Gasteiger partial charge in [-0.05, 0) is 18.9 Å². The smallest absolute Gasteiger partial charge is 0.216 e. The number of hydrogen-bond donors (Lipinski definition) is 1. The minimum atomic E-state index is -0.513. The number of nitrogens with zero attached hydrogens (tertiary/aromatic N) is 1. The molecule has 0 spiro atoms. The standard InChI is InChI=1S/C9H11FN2O.2ClH/c10-9-5-7(1-2-12-9)13-8-3-6(11)4-8;;/h1-2,5-6,8H,3-4,11H2;2*1H. The molecule has 1 heterocycles. The van der Waals surface area contributed by atoms with E-state index in [9.17, 15) is 4.39 Å². The summed E-state index contributed by atoms with van der Waals surface area (Å²) in [6.07, 6.45) is 3.24. The van der Waals surface area contributed by atoms with Crippen molar-refractivity contribution in [2.45, 2.75) is 25.0 Å². The van der Waals surface area contributed by atoms with Gasteiger partial charge in [-0.15, -0.1) is 24.8 Å². The van der Waals surface area contributed by atoms with Gasteiger partial charge < -0.3 is 10.5 Å². The summed E-state index contributed by atoms with van der Waals surface area (Å²) in [5, 5.41) is 0. The minimum absolute atomic E-state index is 0. The van der Waals surface area contributed by atoms with Gasteiger partial charge in [0.15, 0.2) is 0 Å². The van der Waals surface area contributed by atoms with Crippen LogP contribution in [-0.4, -0.2) is 17.1 Å². The normalized spacial score (nSPS) is 23.1. The van der Waals surface area contributed by atoms with E-state index in [0.717, 1.165) is 12.8 Å². The molecular weight excluding hydrogens is 242 g/mol. The lowest BCUT2D eigenvalue weighted by atomic mass is 9.90. The zero-order chi connectivity index (χ0) is 9.26. The number of rotatable bonds is 2. The molecule has 0 bridgehead atoms. The molecule has 86 valence electrons. The summed E-state index contributed by atoms with van der Waals surface area (Å²) in [7, 11) is 0. The maximum Gasteiger partial charge on any atom is 0.216 e. The number of aromatic nitrogens is 1. The van der Waals surface area contributed by atoms with Gasteiger partial charge in [0, 0.05) is 18.3 Å². The Morgan fingerprint density at radius 1 is 1.40 bits per heavy atom. The first-order valence-electron chi connectivity index (χ1n) is 4.28. The molecule has 15 heavy (non-hydrogen) atoms. The van der Waals surface area contributed by atoms with Gasteiger partial charge >= 0.3 is 0 Å². The molecule has 0 aromatic carbocycles. The molecule has 1 saturated carbocycles. The fourth-order valence-corrected chi connectivity index (χ4v) is 1.35. The van der Waals surface area contributed by atoms with E-state index in [4.69, 9.17) is 10.5 Å². The maximum atomic E-state index is 12.6. The third kappa shape index (κ3) is 3.81. The van der Waals surface area contributed by atoms with Crippen molar-refractivity contribution in [1.29, 1.82) is 0 Å². The van der Waals surface area contributed by atoms with E-state index in [0.29, 0.717) is 5.75 Å². The molecule has 0 radical (unpaired) electrons. The molecule has 1 aromatic rings. The number of hydrogen-bond acceptors (Lipinski definition) is 3. The third-order valence-corrected chi connectivity index (χ3v) is 2.13. The lowest BCUT2D eigenvalue weighted by Crippen LogP contribution is -2.43. The van der Waals surface area contributed by atoms with E-state index in [-0.39, 0.29) is 37.0 Å². The number of ether oxygens (including phenoxy) is 1. The Bertz CT molecular complexity index is 308. The monoisotopic (exact) mass is 254 g/mol. The summed E-state index contributed by atoms with van der Waals surface area (Å²) in [5.41, 5.74) is 5.59. The van der Waals surface area contributed by atoms with Crippen molar-refractivity contribution < 1.29 is 9.13 Å². The summed E-state index contributed by atoms with van der Waals surface area (Å²) >= 11 is 0. The van der Waals surface area contributed by atoms with Gasteiger partial charge in [-0.25, -0.2) is 4.98 Å². The average Bonchev–Trinajstić information content (AvgIpc) is 2.01. The molecule has 0 unspecified atom stereocenters. The van der Waals surface area contributed by atoms with Crippen LogP contribution in [0.1, 0.15) is 12.8 Å². The Balaban J connectivity index is 0.000000980. The quantitative estimate of drug-likeness (QED) is 0.821. The zero-order valence-corrected chi connectivity index (χ0v) is 9.56. The predicted molar refractivity (Wildman–Crippen MR) is 60.3 cm³/mol. The van der Waals surface area contributed by atoms with E-state index in [2.05, 4.69) is 4.98 Å². The highest BCUT2D eigenvalue weighted by molar-refractivity contribution is 5.85. The molecule has 1 aromatic heterocycles. The van der Waals surface area contributed by atoms with Crippen LogP contribution in [0, 0.1) is 5.95 Å². The van der Waals surface area contributed by atoms with Crippen molar-refractivity contribution in [3.63, 3.8) is 0 Å². The van der Waals surface area contributed by atoms with Crippen molar-refractivity contribution in [3.8, 4) is 5.75 Å². The fourth-order valence-electron chi connectivity index (χ4n) is 1.35. The highest BCUT2D eigenvalue weighted by atomic mass is 35.5. The van der Waals surface area contributed by atoms with E-state index >= 15 is 0 Å². The van der Waals surface area contributed by atoms with Gasteiger partial charge in [0.25, 0.3) is 0 Å². The number of halogens is 3. The second-order valence-electron chi connectivity index (χ2n) is 3.29. The van der Waals surface area contributed by atoms with Gasteiger partial charge in [-0.1, -0.05) is 0 Å². The Morgan fingerprint density at radius 2 is 2.07 bits per heavy atom. The van der Waals surface area contributed by atoms with Gasteiger partial charge in [0.1, 0.15) is 11.9 Å². The molecule has 1 aliphatic rings. The van der Waals surface area contributed by atoms with E-state index in [1.807, 2.05) is 0 Å². The van der Waals surface area contributed by atoms with Crippen LogP contribution in [0.3, 0.4) is 0 Å². The van der Waals surface area contributed by atoms with Crippen LogP contribution in [-0.2, 0) is 0 Å². The summed E-state index contributed by atoms with van der Waals surface area (Å²) in [4.78, 5) is 3.43. The van der Waals surface area contributed by atoms with Crippen LogP contribution in [0.2, 0.25) is 0 Å². The van der Waals surface area contributed by atoms with E-state index in [1.165, 1.54) is 12.3 Å². The number of pyridine rings is 1. The first-order chi connectivity index (χ1) is 6.24. The first kappa shape index (κ1) is 14.4. The molecule has 0 amide bonds. The highest BCUT2D eigenvalue weighted by Gasteiger charge is 2.27. The molecule has 2 N–H and O–H groups in total. The van der Waals surface area contributed by atoms with Crippen LogP contribution in [0.15, 0.2) is 18.3 Å². The van der Waals surface area contributed by atoms with Gasteiger partial charge in [-0.2, -0.15) is 4.39 Å². The maximum absolute atomic E-state index is 12.6. The molecule has 2 rings (SSSR count). The lowest BCUT2D eigenvalue weighted by Gasteiger charge is -2.32. The average molecular weight is 255 g/mol. The molecule has 0 saturated heterocycles. The molecule has 3 nitrogen and oxygen atoms in total. The zero-order valence-electron chi connectivity index (χ0n) is 7.93. The van der Waals surface area contributed by atoms with Gasteiger partial charge in [0.05, 0.1) is 0 Å². The Hall–Kier alpha value is -0.580. The third-order valence-electron chi connectivity index (χ3n) is 2.13. The summed E-state index contributed by atoms with van der Waals surface area (Å²) in [6, 6.07) is 3.17. The molecule has 0 atom stereocenters.